The molecule has 2 aromatic heterocycles. The van der Waals surface area contributed by atoms with Gasteiger partial charge in [-0.1, -0.05) is 18.2 Å². The molecule has 3 heterocycles. The molecule has 1 aliphatic heterocycles. The SMILES string of the molecule is O=c1oc2cc([S+]([O-])Nc3ncns3)c(F)cc2n1C1CCOc2ccccc21. The predicted octanol–water partition coefficient (Wildman–Crippen LogP) is 3.09. The van der Waals surface area contributed by atoms with Gasteiger partial charge in [0.2, 0.25) is 10.0 Å². The summed E-state index contributed by atoms with van der Waals surface area (Å²) >= 11 is -0.930. The quantitative estimate of drug-likeness (QED) is 0.494. The van der Waals surface area contributed by atoms with Crippen molar-refractivity contribution in [2.24, 2.45) is 0 Å². The number of hydrogen-bond acceptors (Lipinski definition) is 8. The van der Waals surface area contributed by atoms with Crippen molar-refractivity contribution in [3.63, 3.8) is 0 Å². The van der Waals surface area contributed by atoms with Gasteiger partial charge in [-0.15, -0.1) is 0 Å². The van der Waals surface area contributed by atoms with Crippen molar-refractivity contribution >= 4 is 39.1 Å². The van der Waals surface area contributed by atoms with E-state index in [1.165, 1.54) is 23.0 Å². The minimum atomic E-state index is -1.93. The van der Waals surface area contributed by atoms with E-state index in [1.54, 1.807) is 0 Å². The van der Waals surface area contributed by atoms with Gasteiger partial charge in [0.1, 0.15) is 23.4 Å². The van der Waals surface area contributed by atoms with Crippen LogP contribution in [0.1, 0.15) is 18.0 Å². The molecular formula is C18H13FN4O4S2. The molecule has 11 heteroatoms. The molecule has 0 amide bonds. The first-order valence-electron chi connectivity index (χ1n) is 8.63. The second-order valence-electron chi connectivity index (χ2n) is 6.30. The van der Waals surface area contributed by atoms with E-state index in [-0.39, 0.29) is 16.5 Å². The van der Waals surface area contributed by atoms with E-state index in [0.29, 0.717) is 29.4 Å². The molecule has 29 heavy (non-hydrogen) atoms. The lowest BCUT2D eigenvalue weighted by molar-refractivity contribution is 0.253. The summed E-state index contributed by atoms with van der Waals surface area (Å²) in [6.45, 7) is 0.428. The summed E-state index contributed by atoms with van der Waals surface area (Å²) < 4.78 is 46.1. The second kappa shape index (κ2) is 7.17. The number of nitrogens with zero attached hydrogens (tertiary/aromatic N) is 3. The Morgan fingerprint density at radius 3 is 3.03 bits per heavy atom. The van der Waals surface area contributed by atoms with Crippen LogP contribution in [0.2, 0.25) is 0 Å². The summed E-state index contributed by atoms with van der Waals surface area (Å²) in [7, 11) is 0. The average Bonchev–Trinajstić information content (AvgIpc) is 3.33. The van der Waals surface area contributed by atoms with Gasteiger partial charge in [-0.2, -0.15) is 9.10 Å². The Balaban J connectivity index is 1.58. The number of benzene rings is 2. The minimum Gasteiger partial charge on any atom is -0.588 e. The molecule has 1 N–H and O–H groups in total. The Morgan fingerprint density at radius 1 is 1.34 bits per heavy atom. The maximum absolute atomic E-state index is 14.8. The predicted molar refractivity (Wildman–Crippen MR) is 105 cm³/mol. The van der Waals surface area contributed by atoms with E-state index in [4.69, 9.17) is 9.15 Å². The molecule has 2 atom stereocenters. The smallest absolute Gasteiger partial charge is 0.420 e. The van der Waals surface area contributed by atoms with Crippen LogP contribution >= 0.6 is 11.5 Å². The molecular weight excluding hydrogens is 419 g/mol. The zero-order valence-corrected chi connectivity index (χ0v) is 16.3. The van der Waals surface area contributed by atoms with Gasteiger partial charge in [-0.25, -0.2) is 14.2 Å². The lowest BCUT2D eigenvalue weighted by Crippen LogP contribution is -2.26. The van der Waals surface area contributed by atoms with Crippen molar-refractivity contribution < 1.29 is 18.1 Å². The fraction of sp³-hybridized carbons (Fsp3) is 0.167. The van der Waals surface area contributed by atoms with Gasteiger partial charge in [0, 0.05) is 35.6 Å². The molecule has 0 fully saturated rings. The first kappa shape index (κ1) is 18.2. The third-order valence-corrected chi connectivity index (χ3v) is 6.45. The summed E-state index contributed by atoms with van der Waals surface area (Å²) in [5, 5.41) is 0.292. The highest BCUT2D eigenvalue weighted by molar-refractivity contribution is 7.93. The highest BCUT2D eigenvalue weighted by Gasteiger charge is 2.29. The van der Waals surface area contributed by atoms with Crippen LogP contribution in [0.25, 0.3) is 11.1 Å². The summed E-state index contributed by atoms with van der Waals surface area (Å²) in [5.41, 5.74) is 1.28. The number of rotatable bonds is 4. The number of fused-ring (bicyclic) bond motifs is 2. The van der Waals surface area contributed by atoms with Gasteiger partial charge in [-0.05, 0) is 6.07 Å². The van der Waals surface area contributed by atoms with Crippen molar-refractivity contribution in [2.75, 3.05) is 11.3 Å². The number of aromatic nitrogens is 3. The van der Waals surface area contributed by atoms with Gasteiger partial charge in [0.15, 0.2) is 11.4 Å². The lowest BCUT2D eigenvalue weighted by Gasteiger charge is -2.26. The largest absolute Gasteiger partial charge is 0.588 e. The molecule has 2 aromatic carbocycles. The van der Waals surface area contributed by atoms with Crippen molar-refractivity contribution in [3.05, 3.63) is 64.7 Å². The zero-order chi connectivity index (χ0) is 20.0. The molecule has 0 saturated carbocycles. The van der Waals surface area contributed by atoms with Gasteiger partial charge in [-0.3, -0.25) is 4.57 Å². The van der Waals surface area contributed by atoms with Crippen molar-refractivity contribution in [3.8, 4) is 5.75 Å². The van der Waals surface area contributed by atoms with E-state index >= 15 is 0 Å². The van der Waals surface area contributed by atoms with Crippen molar-refractivity contribution in [1.29, 1.82) is 0 Å². The van der Waals surface area contributed by atoms with Crippen LogP contribution in [0.5, 0.6) is 5.75 Å². The van der Waals surface area contributed by atoms with Crippen LogP contribution < -0.4 is 15.2 Å². The van der Waals surface area contributed by atoms with E-state index < -0.39 is 22.9 Å². The Morgan fingerprint density at radius 2 is 2.21 bits per heavy atom. The molecule has 0 spiro atoms. The molecule has 0 bridgehead atoms. The van der Waals surface area contributed by atoms with E-state index in [9.17, 15) is 13.7 Å². The van der Waals surface area contributed by atoms with Gasteiger partial charge in [0.25, 0.3) is 0 Å². The fourth-order valence-corrected chi connectivity index (χ4v) is 4.85. The first-order valence-corrected chi connectivity index (χ1v) is 10.6. The van der Waals surface area contributed by atoms with Crippen LogP contribution in [0.4, 0.5) is 9.52 Å². The lowest BCUT2D eigenvalue weighted by atomic mass is 10.0. The van der Waals surface area contributed by atoms with Crippen LogP contribution in [0, 0.1) is 5.82 Å². The normalized spacial score (nSPS) is 17.0. The van der Waals surface area contributed by atoms with Crippen molar-refractivity contribution in [1.82, 2.24) is 13.9 Å². The number of nitrogens with one attached hydrogen (secondary N) is 1. The molecule has 0 saturated heterocycles. The molecule has 8 nitrogen and oxygen atoms in total. The fourth-order valence-electron chi connectivity index (χ4n) is 3.42. The van der Waals surface area contributed by atoms with Gasteiger partial charge in [0.05, 0.1) is 18.2 Å². The molecule has 0 radical (unpaired) electrons. The number of oxazole rings is 1. The summed E-state index contributed by atoms with van der Waals surface area (Å²) in [6.07, 6.45) is 1.84. The van der Waals surface area contributed by atoms with Crippen LogP contribution in [0.15, 0.2) is 56.8 Å². The third kappa shape index (κ3) is 3.16. The van der Waals surface area contributed by atoms with Gasteiger partial charge < -0.3 is 13.7 Å². The second-order valence-corrected chi connectivity index (χ2v) is 8.26. The Kier molecular flexibility index (Phi) is 4.49. The third-order valence-electron chi connectivity index (χ3n) is 4.65. The van der Waals surface area contributed by atoms with Crippen molar-refractivity contribution in [2.45, 2.75) is 17.4 Å². The standard InChI is InChI=1S/C18H13FN4O4S2/c19-11-7-13-15(8-16(11)29(25)22-17-20-9-21-28-17)27-18(24)23(13)12-5-6-26-14-4-2-1-3-10(12)14/h1-4,7-9,12H,5-6H2,(H,20,21,22). The van der Waals surface area contributed by atoms with Crippen LogP contribution in [-0.4, -0.2) is 25.1 Å². The molecule has 4 aromatic rings. The zero-order valence-electron chi connectivity index (χ0n) is 14.7. The topological polar surface area (TPSA) is 105 Å². The van der Waals surface area contributed by atoms with Crippen LogP contribution in [0.3, 0.4) is 0 Å². The number of halogens is 1. The minimum absolute atomic E-state index is 0.138. The maximum atomic E-state index is 14.8. The van der Waals surface area contributed by atoms with Crippen LogP contribution in [-0.2, 0) is 11.4 Å². The number of para-hydroxylation sites is 1. The summed E-state index contributed by atoms with van der Waals surface area (Å²) in [6, 6.07) is 9.51. The Hall–Kier alpha value is -2.89. The van der Waals surface area contributed by atoms with E-state index in [2.05, 4.69) is 14.1 Å². The maximum Gasteiger partial charge on any atom is 0.420 e. The molecule has 2 unspecified atom stereocenters. The highest BCUT2D eigenvalue weighted by atomic mass is 32.2. The first-order chi connectivity index (χ1) is 14.1. The number of hydrogen-bond donors (Lipinski definition) is 1. The summed E-state index contributed by atoms with van der Waals surface area (Å²) in [4.78, 5) is 16.3. The van der Waals surface area contributed by atoms with E-state index in [0.717, 1.165) is 17.1 Å². The molecule has 1 aliphatic rings. The number of ether oxygens (including phenoxy) is 1. The van der Waals surface area contributed by atoms with E-state index in [1.807, 2.05) is 24.3 Å². The number of anilines is 1. The molecule has 148 valence electrons. The average molecular weight is 432 g/mol. The van der Waals surface area contributed by atoms with Gasteiger partial charge >= 0.3 is 5.76 Å². The monoisotopic (exact) mass is 432 g/mol. The molecule has 5 rings (SSSR count). The Labute approximate surface area is 170 Å². The summed E-state index contributed by atoms with van der Waals surface area (Å²) in [5.74, 6) is -0.645. The Bertz CT molecular complexity index is 1240. The molecule has 0 aliphatic carbocycles. The highest BCUT2D eigenvalue weighted by Crippen LogP contribution is 2.36.